The van der Waals surface area contributed by atoms with Crippen LogP contribution in [0.15, 0.2) is 17.6 Å². The van der Waals surface area contributed by atoms with E-state index in [-0.39, 0.29) is 42.5 Å². The number of likely N-dealkylation sites (N-methyl/N-ethyl adjacent to an activating group) is 1. The summed E-state index contributed by atoms with van der Waals surface area (Å²) >= 11 is 0. The van der Waals surface area contributed by atoms with Gasteiger partial charge in [-0.15, -0.1) is 30.6 Å². The molecule has 0 aliphatic rings. The molecule has 0 aromatic rings. The van der Waals surface area contributed by atoms with E-state index in [9.17, 15) is 4.79 Å². The fraction of sp³-hybridized carbons (Fsp3) is 0.636. The van der Waals surface area contributed by atoms with Gasteiger partial charge in [-0.3, -0.25) is 4.79 Å². The largest absolute Gasteiger partial charge is 0.354 e. The molecule has 2 N–H and O–H groups in total. The topological polar surface area (TPSA) is 56.7 Å². The molecule has 0 spiro atoms. The Morgan fingerprint density at radius 1 is 1.47 bits per heavy atom. The van der Waals surface area contributed by atoms with Crippen LogP contribution in [0, 0.1) is 0 Å². The minimum Gasteiger partial charge on any atom is -0.354 e. The quantitative estimate of drug-likeness (QED) is 0.333. The Morgan fingerprint density at radius 2 is 2.06 bits per heavy atom. The molecule has 0 unspecified atom stereocenters. The van der Waals surface area contributed by atoms with Gasteiger partial charge in [0.2, 0.25) is 5.91 Å². The van der Waals surface area contributed by atoms with Crippen molar-refractivity contribution in [3.63, 3.8) is 0 Å². The van der Waals surface area contributed by atoms with Crippen LogP contribution in [0.25, 0.3) is 0 Å². The van der Waals surface area contributed by atoms with Gasteiger partial charge in [-0.1, -0.05) is 6.08 Å². The number of carbonyl (C=O) groups excluding carboxylic acids is 1. The van der Waals surface area contributed by atoms with E-state index in [0.717, 1.165) is 0 Å². The van der Waals surface area contributed by atoms with Crippen molar-refractivity contribution in [3.05, 3.63) is 12.7 Å². The summed E-state index contributed by atoms with van der Waals surface area (Å²) in [7, 11) is 3.43. The Labute approximate surface area is 121 Å². The van der Waals surface area contributed by atoms with Crippen LogP contribution >= 0.6 is 24.0 Å². The van der Waals surface area contributed by atoms with Gasteiger partial charge in [-0.05, 0) is 13.8 Å². The highest BCUT2D eigenvalue weighted by molar-refractivity contribution is 14.0. The third-order valence-electron chi connectivity index (χ3n) is 1.71. The van der Waals surface area contributed by atoms with E-state index in [1.54, 1.807) is 20.2 Å². The Kier molecular flexibility index (Phi) is 11.3. The predicted molar refractivity (Wildman–Crippen MR) is 82.9 cm³/mol. The van der Waals surface area contributed by atoms with Crippen LogP contribution in [0.5, 0.6) is 0 Å². The van der Waals surface area contributed by atoms with E-state index in [1.807, 2.05) is 13.8 Å². The van der Waals surface area contributed by atoms with E-state index in [1.165, 1.54) is 4.90 Å². The van der Waals surface area contributed by atoms with E-state index in [4.69, 9.17) is 0 Å². The van der Waals surface area contributed by atoms with Gasteiger partial charge in [0, 0.05) is 26.7 Å². The first-order valence-electron chi connectivity index (χ1n) is 5.33. The molecular weight excluding hydrogens is 331 g/mol. The Balaban J connectivity index is 0. The number of halogens is 1. The molecular formula is C11H23IN4O. The van der Waals surface area contributed by atoms with Gasteiger partial charge in [-0.2, -0.15) is 0 Å². The number of nitrogens with one attached hydrogen (secondary N) is 2. The van der Waals surface area contributed by atoms with Gasteiger partial charge < -0.3 is 15.5 Å². The van der Waals surface area contributed by atoms with Crippen molar-refractivity contribution in [2.45, 2.75) is 19.9 Å². The molecule has 0 saturated carbocycles. The summed E-state index contributed by atoms with van der Waals surface area (Å²) in [6.07, 6.45) is 1.74. The van der Waals surface area contributed by atoms with Crippen LogP contribution < -0.4 is 10.6 Å². The van der Waals surface area contributed by atoms with Gasteiger partial charge in [0.1, 0.15) is 6.54 Å². The molecule has 100 valence electrons. The molecule has 0 aromatic heterocycles. The summed E-state index contributed by atoms with van der Waals surface area (Å²) in [5, 5.41) is 6.17. The smallest absolute Gasteiger partial charge is 0.243 e. The molecule has 0 aliphatic carbocycles. The van der Waals surface area contributed by atoms with Gasteiger partial charge in [0.15, 0.2) is 5.96 Å². The van der Waals surface area contributed by atoms with Crippen molar-refractivity contribution in [3.8, 4) is 0 Å². The van der Waals surface area contributed by atoms with Gasteiger partial charge in [-0.25, -0.2) is 4.99 Å². The highest BCUT2D eigenvalue weighted by Crippen LogP contribution is 1.83. The number of nitrogens with zero attached hydrogens (tertiary/aromatic N) is 2. The molecule has 0 radical (unpaired) electrons. The second kappa shape index (κ2) is 10.4. The van der Waals surface area contributed by atoms with Crippen LogP contribution in [-0.2, 0) is 4.79 Å². The third kappa shape index (κ3) is 10.1. The molecule has 0 fully saturated rings. The predicted octanol–water partition coefficient (Wildman–Crippen LogP) is 0.822. The van der Waals surface area contributed by atoms with Crippen LogP contribution in [0.3, 0.4) is 0 Å². The van der Waals surface area contributed by atoms with Crippen molar-refractivity contribution < 1.29 is 4.79 Å². The van der Waals surface area contributed by atoms with E-state index in [0.29, 0.717) is 12.5 Å². The SMILES string of the molecule is C=CCNC(=NCC(=O)N(C)C)NC(C)C.I. The van der Waals surface area contributed by atoms with Crippen LogP contribution in [-0.4, -0.2) is 50.0 Å². The number of aliphatic imine (C=N–C) groups is 1. The fourth-order valence-corrected chi connectivity index (χ4v) is 0.883. The first kappa shape index (κ1) is 18.6. The third-order valence-corrected chi connectivity index (χ3v) is 1.71. The summed E-state index contributed by atoms with van der Waals surface area (Å²) < 4.78 is 0. The number of hydrogen-bond acceptors (Lipinski definition) is 2. The maximum atomic E-state index is 11.3. The lowest BCUT2D eigenvalue weighted by Gasteiger charge is -2.14. The summed E-state index contributed by atoms with van der Waals surface area (Å²) in [6, 6.07) is 0.269. The van der Waals surface area contributed by atoms with Crippen molar-refractivity contribution >= 4 is 35.8 Å². The molecule has 0 bridgehead atoms. The Bertz CT molecular complexity index is 264. The molecule has 0 saturated heterocycles. The van der Waals surface area contributed by atoms with E-state index >= 15 is 0 Å². The zero-order valence-electron chi connectivity index (χ0n) is 11.0. The number of guanidine groups is 1. The first-order chi connectivity index (χ1) is 7.47. The van der Waals surface area contributed by atoms with Crippen LogP contribution in [0.4, 0.5) is 0 Å². The molecule has 17 heavy (non-hydrogen) atoms. The van der Waals surface area contributed by atoms with Gasteiger partial charge in [0.05, 0.1) is 0 Å². The molecule has 0 atom stereocenters. The fourth-order valence-electron chi connectivity index (χ4n) is 0.883. The van der Waals surface area contributed by atoms with E-state index in [2.05, 4.69) is 22.2 Å². The van der Waals surface area contributed by atoms with E-state index < -0.39 is 0 Å². The number of hydrogen-bond donors (Lipinski definition) is 2. The van der Waals surface area contributed by atoms with Crippen molar-refractivity contribution in [2.24, 2.45) is 4.99 Å². The lowest BCUT2D eigenvalue weighted by Crippen LogP contribution is -2.42. The van der Waals surface area contributed by atoms with Crippen molar-refractivity contribution in [2.75, 3.05) is 27.2 Å². The monoisotopic (exact) mass is 354 g/mol. The molecule has 0 aromatic carbocycles. The lowest BCUT2D eigenvalue weighted by molar-refractivity contribution is -0.127. The molecule has 0 rings (SSSR count). The lowest BCUT2D eigenvalue weighted by atomic mass is 10.4. The standard InChI is InChI=1S/C11H22N4O.HI/c1-6-7-12-11(14-9(2)3)13-8-10(16)15(4)5;/h6,9H,1,7-8H2,2-5H3,(H2,12,13,14);1H. The highest BCUT2D eigenvalue weighted by atomic mass is 127. The molecule has 1 amide bonds. The maximum absolute atomic E-state index is 11.3. The zero-order valence-corrected chi connectivity index (χ0v) is 13.3. The molecule has 0 aliphatic heterocycles. The summed E-state index contributed by atoms with van der Waals surface area (Å²) in [5.74, 6) is 0.605. The number of amides is 1. The Hall–Kier alpha value is -0.790. The van der Waals surface area contributed by atoms with Crippen LogP contribution in [0.1, 0.15) is 13.8 Å². The van der Waals surface area contributed by atoms with Crippen LogP contribution in [0.2, 0.25) is 0 Å². The van der Waals surface area contributed by atoms with Crippen molar-refractivity contribution in [1.29, 1.82) is 0 Å². The first-order valence-corrected chi connectivity index (χ1v) is 5.33. The molecule has 0 heterocycles. The number of rotatable bonds is 5. The summed E-state index contributed by atoms with van der Waals surface area (Å²) in [5.41, 5.74) is 0. The number of carbonyl (C=O) groups is 1. The summed E-state index contributed by atoms with van der Waals surface area (Å²) in [6.45, 7) is 8.41. The summed E-state index contributed by atoms with van der Waals surface area (Å²) in [4.78, 5) is 17.0. The highest BCUT2D eigenvalue weighted by Gasteiger charge is 2.04. The van der Waals surface area contributed by atoms with Gasteiger partial charge >= 0.3 is 0 Å². The zero-order chi connectivity index (χ0) is 12.6. The van der Waals surface area contributed by atoms with Gasteiger partial charge in [0.25, 0.3) is 0 Å². The molecule has 5 nitrogen and oxygen atoms in total. The minimum atomic E-state index is -0.0246. The van der Waals surface area contributed by atoms with Crippen molar-refractivity contribution in [1.82, 2.24) is 15.5 Å². The minimum absolute atomic E-state index is 0. The average molecular weight is 354 g/mol. The second-order valence-corrected chi connectivity index (χ2v) is 3.92. The maximum Gasteiger partial charge on any atom is 0.243 e. The second-order valence-electron chi connectivity index (χ2n) is 3.92. The molecule has 6 heteroatoms. The Morgan fingerprint density at radius 3 is 2.47 bits per heavy atom. The average Bonchev–Trinajstić information content (AvgIpc) is 2.20. The normalized spacial score (nSPS) is 10.5.